The molecule has 0 fully saturated rings. The maximum atomic E-state index is 12.2. The SMILES string of the molecule is Cn1nc(-c2ccc(N)cc2)cc1NC(=O)c1ccccc1. The number of nitrogens with one attached hydrogen (secondary N) is 1. The van der Waals surface area contributed by atoms with Gasteiger partial charge in [-0.3, -0.25) is 9.48 Å². The van der Waals surface area contributed by atoms with Crippen molar-refractivity contribution in [3.63, 3.8) is 0 Å². The van der Waals surface area contributed by atoms with Gasteiger partial charge in [0, 0.05) is 29.9 Å². The van der Waals surface area contributed by atoms with Gasteiger partial charge in [0.05, 0.1) is 5.69 Å². The van der Waals surface area contributed by atoms with E-state index in [1.54, 1.807) is 23.9 Å². The van der Waals surface area contributed by atoms with E-state index in [1.165, 1.54) is 0 Å². The lowest BCUT2D eigenvalue weighted by Crippen LogP contribution is -2.14. The normalized spacial score (nSPS) is 10.4. The molecule has 3 N–H and O–H groups in total. The third kappa shape index (κ3) is 2.83. The molecule has 0 saturated heterocycles. The van der Waals surface area contributed by atoms with Crippen LogP contribution in [-0.2, 0) is 7.05 Å². The molecule has 110 valence electrons. The number of anilines is 2. The van der Waals surface area contributed by atoms with Crippen LogP contribution in [0.3, 0.4) is 0 Å². The predicted octanol–water partition coefficient (Wildman–Crippen LogP) is 2.92. The molecule has 3 aromatic rings. The first-order valence-electron chi connectivity index (χ1n) is 6.90. The molecule has 2 aromatic carbocycles. The lowest BCUT2D eigenvalue weighted by molar-refractivity contribution is 0.102. The Hall–Kier alpha value is -3.08. The van der Waals surface area contributed by atoms with Crippen LogP contribution in [0.15, 0.2) is 60.7 Å². The first-order chi connectivity index (χ1) is 10.6. The number of aromatic nitrogens is 2. The highest BCUT2D eigenvalue weighted by Crippen LogP contribution is 2.22. The summed E-state index contributed by atoms with van der Waals surface area (Å²) in [5, 5.41) is 7.28. The average Bonchev–Trinajstić information content (AvgIpc) is 2.90. The second-order valence-corrected chi connectivity index (χ2v) is 4.98. The Balaban J connectivity index is 1.84. The van der Waals surface area contributed by atoms with Crippen molar-refractivity contribution in [1.82, 2.24) is 9.78 Å². The molecule has 1 heterocycles. The van der Waals surface area contributed by atoms with Gasteiger partial charge in [0.1, 0.15) is 5.82 Å². The van der Waals surface area contributed by atoms with Crippen LogP contribution in [0, 0.1) is 0 Å². The lowest BCUT2D eigenvalue weighted by Gasteiger charge is -2.04. The first kappa shape index (κ1) is 13.9. The van der Waals surface area contributed by atoms with Crippen molar-refractivity contribution >= 4 is 17.4 Å². The van der Waals surface area contributed by atoms with Crippen molar-refractivity contribution < 1.29 is 4.79 Å². The fourth-order valence-electron chi connectivity index (χ4n) is 2.16. The Labute approximate surface area is 128 Å². The Morgan fingerprint density at radius 2 is 1.77 bits per heavy atom. The Morgan fingerprint density at radius 3 is 2.45 bits per heavy atom. The van der Waals surface area contributed by atoms with Crippen LogP contribution in [0.1, 0.15) is 10.4 Å². The van der Waals surface area contributed by atoms with Gasteiger partial charge in [-0.1, -0.05) is 30.3 Å². The highest BCUT2D eigenvalue weighted by atomic mass is 16.1. The fourth-order valence-corrected chi connectivity index (χ4v) is 2.16. The van der Waals surface area contributed by atoms with Crippen LogP contribution in [-0.4, -0.2) is 15.7 Å². The van der Waals surface area contributed by atoms with Crippen LogP contribution < -0.4 is 11.1 Å². The molecule has 0 aliphatic heterocycles. The Morgan fingerprint density at radius 1 is 1.09 bits per heavy atom. The Kier molecular flexibility index (Phi) is 3.62. The number of benzene rings is 2. The van der Waals surface area contributed by atoms with Gasteiger partial charge in [-0.2, -0.15) is 5.10 Å². The summed E-state index contributed by atoms with van der Waals surface area (Å²) in [5.74, 6) is 0.480. The molecule has 5 nitrogen and oxygen atoms in total. The number of amides is 1. The maximum absolute atomic E-state index is 12.2. The molecule has 1 aromatic heterocycles. The highest BCUT2D eigenvalue weighted by molar-refractivity contribution is 6.04. The summed E-state index contributed by atoms with van der Waals surface area (Å²) in [6, 6.07) is 18.4. The smallest absolute Gasteiger partial charge is 0.256 e. The third-order valence-electron chi connectivity index (χ3n) is 3.36. The van der Waals surface area contributed by atoms with Crippen molar-refractivity contribution in [3.05, 3.63) is 66.2 Å². The summed E-state index contributed by atoms with van der Waals surface area (Å²) in [7, 11) is 1.79. The van der Waals surface area contributed by atoms with E-state index in [0.29, 0.717) is 17.1 Å². The van der Waals surface area contributed by atoms with Gasteiger partial charge >= 0.3 is 0 Å². The fraction of sp³-hybridized carbons (Fsp3) is 0.0588. The summed E-state index contributed by atoms with van der Waals surface area (Å²) >= 11 is 0. The molecule has 0 radical (unpaired) electrons. The van der Waals surface area contributed by atoms with E-state index in [2.05, 4.69) is 10.4 Å². The number of nitrogens with two attached hydrogens (primary N) is 1. The second-order valence-electron chi connectivity index (χ2n) is 4.98. The number of nitrogens with zero attached hydrogens (tertiary/aromatic N) is 2. The average molecular weight is 292 g/mol. The number of aryl methyl sites for hydroxylation is 1. The zero-order chi connectivity index (χ0) is 15.5. The summed E-state index contributed by atoms with van der Waals surface area (Å²) in [5.41, 5.74) is 8.73. The van der Waals surface area contributed by atoms with Crippen molar-refractivity contribution in [2.24, 2.45) is 7.05 Å². The van der Waals surface area contributed by atoms with Gasteiger partial charge in [-0.25, -0.2) is 0 Å². The number of hydrogen-bond donors (Lipinski definition) is 2. The molecule has 1 amide bonds. The Bertz CT molecular complexity index is 791. The van der Waals surface area contributed by atoms with E-state index in [4.69, 9.17) is 5.73 Å². The first-order valence-corrected chi connectivity index (χ1v) is 6.90. The van der Waals surface area contributed by atoms with Crippen molar-refractivity contribution in [3.8, 4) is 11.3 Å². The molecule has 22 heavy (non-hydrogen) atoms. The maximum Gasteiger partial charge on any atom is 0.256 e. The minimum Gasteiger partial charge on any atom is -0.399 e. The molecule has 0 spiro atoms. The predicted molar refractivity (Wildman–Crippen MR) is 87.5 cm³/mol. The standard InChI is InChI=1S/C17H16N4O/c1-21-16(19-17(22)13-5-3-2-4-6-13)11-15(20-21)12-7-9-14(18)10-8-12/h2-11H,18H2,1H3,(H,19,22). The van der Waals surface area contributed by atoms with E-state index in [-0.39, 0.29) is 5.91 Å². The largest absolute Gasteiger partial charge is 0.399 e. The molecule has 0 aliphatic rings. The molecule has 0 aliphatic carbocycles. The minimum absolute atomic E-state index is 0.160. The molecule has 0 unspecified atom stereocenters. The molecular weight excluding hydrogens is 276 g/mol. The minimum atomic E-state index is -0.160. The summed E-state index contributed by atoms with van der Waals surface area (Å²) in [4.78, 5) is 12.2. The number of hydrogen-bond acceptors (Lipinski definition) is 3. The molecule has 5 heteroatoms. The van der Waals surface area contributed by atoms with E-state index in [1.807, 2.05) is 48.5 Å². The van der Waals surface area contributed by atoms with Gasteiger partial charge < -0.3 is 11.1 Å². The third-order valence-corrected chi connectivity index (χ3v) is 3.36. The molecule has 0 atom stereocenters. The lowest BCUT2D eigenvalue weighted by atomic mass is 10.1. The molecule has 0 saturated carbocycles. The molecular formula is C17H16N4O. The van der Waals surface area contributed by atoms with Crippen LogP contribution in [0.2, 0.25) is 0 Å². The van der Waals surface area contributed by atoms with Gasteiger partial charge in [-0.15, -0.1) is 0 Å². The van der Waals surface area contributed by atoms with Gasteiger partial charge in [0.25, 0.3) is 5.91 Å². The van der Waals surface area contributed by atoms with Crippen molar-refractivity contribution in [1.29, 1.82) is 0 Å². The number of carbonyl (C=O) groups is 1. The van der Waals surface area contributed by atoms with Crippen LogP contribution in [0.4, 0.5) is 11.5 Å². The quantitative estimate of drug-likeness (QED) is 0.729. The van der Waals surface area contributed by atoms with E-state index < -0.39 is 0 Å². The topological polar surface area (TPSA) is 72.9 Å². The van der Waals surface area contributed by atoms with E-state index in [0.717, 1.165) is 11.3 Å². The highest BCUT2D eigenvalue weighted by Gasteiger charge is 2.11. The van der Waals surface area contributed by atoms with E-state index >= 15 is 0 Å². The van der Waals surface area contributed by atoms with Gasteiger partial charge in [-0.05, 0) is 24.3 Å². The number of rotatable bonds is 3. The van der Waals surface area contributed by atoms with Crippen LogP contribution in [0.25, 0.3) is 11.3 Å². The monoisotopic (exact) mass is 292 g/mol. The van der Waals surface area contributed by atoms with Crippen molar-refractivity contribution in [2.45, 2.75) is 0 Å². The molecule has 0 bridgehead atoms. The van der Waals surface area contributed by atoms with Gasteiger partial charge in [0.15, 0.2) is 0 Å². The summed E-state index contributed by atoms with van der Waals surface area (Å²) in [6.45, 7) is 0. The zero-order valence-electron chi connectivity index (χ0n) is 12.2. The van der Waals surface area contributed by atoms with Crippen LogP contribution in [0.5, 0.6) is 0 Å². The molecule has 3 rings (SSSR count). The van der Waals surface area contributed by atoms with E-state index in [9.17, 15) is 4.79 Å². The van der Waals surface area contributed by atoms with Crippen molar-refractivity contribution in [2.75, 3.05) is 11.1 Å². The zero-order valence-corrected chi connectivity index (χ0v) is 12.2. The van der Waals surface area contributed by atoms with Gasteiger partial charge in [0.2, 0.25) is 0 Å². The second kappa shape index (κ2) is 5.73. The number of carbonyl (C=O) groups excluding carboxylic acids is 1. The van der Waals surface area contributed by atoms with Crippen LogP contribution >= 0.6 is 0 Å². The summed E-state index contributed by atoms with van der Waals surface area (Å²) < 4.78 is 1.65. The number of nitrogen functional groups attached to an aromatic ring is 1. The summed E-state index contributed by atoms with van der Waals surface area (Å²) in [6.07, 6.45) is 0.